The van der Waals surface area contributed by atoms with Gasteiger partial charge in [-0.2, -0.15) is 0 Å². The Morgan fingerprint density at radius 2 is 1.80 bits per heavy atom. The van der Waals surface area contributed by atoms with Crippen molar-refractivity contribution >= 4 is 34.6 Å². The maximum Gasteiger partial charge on any atom is 0.292 e. The van der Waals surface area contributed by atoms with Crippen LogP contribution in [0.2, 0.25) is 5.02 Å². The fraction of sp³-hybridized carbons (Fsp3) is 0.350. The molecule has 160 valence electrons. The van der Waals surface area contributed by atoms with Crippen LogP contribution < -0.4 is 19.7 Å². The van der Waals surface area contributed by atoms with Crippen LogP contribution in [-0.4, -0.2) is 62.7 Å². The van der Waals surface area contributed by atoms with E-state index in [0.29, 0.717) is 54.1 Å². The molecule has 30 heavy (non-hydrogen) atoms. The normalized spacial score (nSPS) is 14.3. The monoisotopic (exact) mass is 434 g/mol. The van der Waals surface area contributed by atoms with E-state index in [2.05, 4.69) is 5.32 Å². The van der Waals surface area contributed by atoms with E-state index < -0.39 is 0 Å². The molecule has 1 fully saturated rings. The van der Waals surface area contributed by atoms with Crippen LogP contribution in [0.3, 0.4) is 0 Å². The maximum atomic E-state index is 12.5. The Balaban J connectivity index is 1.59. The van der Waals surface area contributed by atoms with Crippen molar-refractivity contribution < 1.29 is 19.2 Å². The summed E-state index contributed by atoms with van der Waals surface area (Å²) < 4.78 is 10.5. The Labute approximate surface area is 179 Å². The second-order valence-electron chi connectivity index (χ2n) is 6.74. The second-order valence-corrected chi connectivity index (χ2v) is 7.15. The van der Waals surface area contributed by atoms with Crippen molar-refractivity contribution in [3.8, 4) is 11.5 Å². The van der Waals surface area contributed by atoms with Crippen molar-refractivity contribution in [1.29, 1.82) is 0 Å². The summed E-state index contributed by atoms with van der Waals surface area (Å²) in [7, 11) is 2.99. The number of carbonyl (C=O) groups is 1. The van der Waals surface area contributed by atoms with E-state index in [0.717, 1.165) is 0 Å². The number of nitro groups is 1. The summed E-state index contributed by atoms with van der Waals surface area (Å²) in [4.78, 5) is 27.4. The molecule has 1 aliphatic heterocycles. The lowest BCUT2D eigenvalue weighted by atomic mass is 10.2. The lowest BCUT2D eigenvalue weighted by Gasteiger charge is -2.35. The first-order chi connectivity index (χ1) is 14.4. The van der Waals surface area contributed by atoms with Crippen molar-refractivity contribution in [2.75, 3.05) is 57.2 Å². The number of amides is 1. The molecule has 2 aromatic rings. The van der Waals surface area contributed by atoms with E-state index in [9.17, 15) is 14.9 Å². The zero-order chi connectivity index (χ0) is 21.7. The fourth-order valence-corrected chi connectivity index (χ4v) is 3.61. The van der Waals surface area contributed by atoms with E-state index in [-0.39, 0.29) is 23.1 Å². The standard InChI is InChI=1S/C20H23ClN4O5/c1-29-18-12-15(19(30-2)11-14(18)21)22-20(26)13-23-7-9-24(10-8-23)16-5-3-4-6-17(16)25(27)28/h3-6,11-12H,7-10,13H2,1-2H3,(H,22,26). The number of hydrogen-bond acceptors (Lipinski definition) is 7. The molecule has 1 aliphatic rings. The highest BCUT2D eigenvalue weighted by atomic mass is 35.5. The van der Waals surface area contributed by atoms with Crippen LogP contribution >= 0.6 is 11.6 Å². The van der Waals surface area contributed by atoms with Gasteiger partial charge in [0.2, 0.25) is 5.91 Å². The quantitative estimate of drug-likeness (QED) is 0.528. The molecule has 0 aromatic heterocycles. The average Bonchev–Trinajstić information content (AvgIpc) is 2.75. The number of carbonyl (C=O) groups excluding carboxylic acids is 1. The summed E-state index contributed by atoms with van der Waals surface area (Å²) in [5, 5.41) is 14.5. The Hall–Kier alpha value is -3.04. The molecule has 0 radical (unpaired) electrons. The van der Waals surface area contributed by atoms with Crippen LogP contribution in [0.5, 0.6) is 11.5 Å². The molecule has 1 amide bonds. The fourth-order valence-electron chi connectivity index (χ4n) is 3.38. The van der Waals surface area contributed by atoms with E-state index in [1.807, 2.05) is 9.80 Å². The number of nitro benzene ring substituents is 1. The number of halogens is 1. The minimum atomic E-state index is -0.372. The number of rotatable bonds is 7. The molecule has 0 spiro atoms. The van der Waals surface area contributed by atoms with Gasteiger partial charge in [-0.3, -0.25) is 19.8 Å². The molecule has 2 aromatic carbocycles. The van der Waals surface area contributed by atoms with E-state index in [1.54, 1.807) is 30.3 Å². The number of benzene rings is 2. The predicted molar refractivity (Wildman–Crippen MR) is 115 cm³/mol. The maximum absolute atomic E-state index is 12.5. The minimum Gasteiger partial charge on any atom is -0.495 e. The molecular formula is C20H23ClN4O5. The molecular weight excluding hydrogens is 412 g/mol. The topological polar surface area (TPSA) is 97.2 Å². The molecule has 3 rings (SSSR count). The summed E-state index contributed by atoms with van der Waals surface area (Å²) in [6.45, 7) is 2.60. The zero-order valence-electron chi connectivity index (χ0n) is 16.8. The summed E-state index contributed by atoms with van der Waals surface area (Å²) in [5.41, 5.74) is 1.17. The minimum absolute atomic E-state index is 0.0903. The van der Waals surface area contributed by atoms with Crippen molar-refractivity contribution in [3.05, 3.63) is 51.5 Å². The smallest absolute Gasteiger partial charge is 0.292 e. The number of ether oxygens (including phenoxy) is 2. The number of nitrogens with one attached hydrogen (secondary N) is 1. The van der Waals surface area contributed by atoms with Crippen molar-refractivity contribution in [2.24, 2.45) is 0 Å². The Morgan fingerprint density at radius 3 is 2.43 bits per heavy atom. The Kier molecular flexibility index (Phi) is 6.96. The lowest BCUT2D eigenvalue weighted by molar-refractivity contribution is -0.384. The van der Waals surface area contributed by atoms with E-state index in [4.69, 9.17) is 21.1 Å². The van der Waals surface area contributed by atoms with Crippen molar-refractivity contribution in [2.45, 2.75) is 0 Å². The van der Waals surface area contributed by atoms with Crippen LogP contribution in [0.15, 0.2) is 36.4 Å². The summed E-state index contributed by atoms with van der Waals surface area (Å²) >= 11 is 6.09. The van der Waals surface area contributed by atoms with Crippen LogP contribution in [0.4, 0.5) is 17.1 Å². The first-order valence-electron chi connectivity index (χ1n) is 9.35. The summed E-state index contributed by atoms with van der Waals surface area (Å²) in [6, 6.07) is 9.90. The molecule has 1 heterocycles. The average molecular weight is 435 g/mol. The Morgan fingerprint density at radius 1 is 1.13 bits per heavy atom. The van der Waals surface area contributed by atoms with Crippen LogP contribution in [0.1, 0.15) is 0 Å². The first-order valence-corrected chi connectivity index (χ1v) is 9.72. The van der Waals surface area contributed by atoms with E-state index in [1.165, 1.54) is 20.3 Å². The number of anilines is 2. The highest BCUT2D eigenvalue weighted by Gasteiger charge is 2.24. The second kappa shape index (κ2) is 9.64. The van der Waals surface area contributed by atoms with Crippen molar-refractivity contribution in [1.82, 2.24) is 4.90 Å². The predicted octanol–water partition coefficient (Wildman–Crippen LogP) is 3.03. The summed E-state index contributed by atoms with van der Waals surface area (Å²) in [6.07, 6.45) is 0. The van der Waals surface area contributed by atoms with Crippen LogP contribution in [0.25, 0.3) is 0 Å². The number of piperazine rings is 1. The van der Waals surface area contributed by atoms with Gasteiger partial charge in [-0.15, -0.1) is 0 Å². The van der Waals surface area contributed by atoms with Gasteiger partial charge in [0.1, 0.15) is 17.2 Å². The van der Waals surface area contributed by atoms with Gasteiger partial charge in [-0.1, -0.05) is 23.7 Å². The third-order valence-corrected chi connectivity index (χ3v) is 5.20. The molecule has 0 aliphatic carbocycles. The molecule has 0 unspecified atom stereocenters. The highest BCUT2D eigenvalue weighted by Crippen LogP contribution is 2.36. The lowest BCUT2D eigenvalue weighted by Crippen LogP contribution is -2.48. The van der Waals surface area contributed by atoms with Gasteiger partial charge in [0.05, 0.1) is 36.4 Å². The Bertz CT molecular complexity index is 931. The third-order valence-electron chi connectivity index (χ3n) is 4.91. The highest BCUT2D eigenvalue weighted by molar-refractivity contribution is 6.32. The molecule has 0 atom stereocenters. The van der Waals surface area contributed by atoms with Gasteiger partial charge in [0.25, 0.3) is 5.69 Å². The molecule has 10 heteroatoms. The number of nitrogens with zero attached hydrogens (tertiary/aromatic N) is 3. The summed E-state index contributed by atoms with van der Waals surface area (Å²) in [5.74, 6) is 0.679. The van der Waals surface area contributed by atoms with Crippen LogP contribution in [0, 0.1) is 10.1 Å². The molecule has 1 N–H and O–H groups in total. The van der Waals surface area contributed by atoms with Gasteiger partial charge < -0.3 is 19.7 Å². The largest absolute Gasteiger partial charge is 0.495 e. The van der Waals surface area contributed by atoms with Crippen LogP contribution in [-0.2, 0) is 4.79 Å². The van der Waals surface area contributed by atoms with Crippen molar-refractivity contribution in [3.63, 3.8) is 0 Å². The van der Waals surface area contributed by atoms with Gasteiger partial charge >= 0.3 is 0 Å². The molecule has 0 bridgehead atoms. The third kappa shape index (κ3) is 4.92. The zero-order valence-corrected chi connectivity index (χ0v) is 17.5. The SMILES string of the molecule is COc1cc(NC(=O)CN2CCN(c3ccccc3[N+](=O)[O-])CC2)c(OC)cc1Cl. The number of hydrogen-bond donors (Lipinski definition) is 1. The number of methoxy groups -OCH3 is 2. The molecule has 9 nitrogen and oxygen atoms in total. The van der Waals surface area contributed by atoms with E-state index >= 15 is 0 Å². The van der Waals surface area contributed by atoms with Gasteiger partial charge in [-0.05, 0) is 6.07 Å². The number of para-hydroxylation sites is 2. The van der Waals surface area contributed by atoms with Gasteiger partial charge in [0, 0.05) is 44.4 Å². The van der Waals surface area contributed by atoms with Gasteiger partial charge in [-0.25, -0.2) is 0 Å². The van der Waals surface area contributed by atoms with Gasteiger partial charge in [0.15, 0.2) is 0 Å². The molecule has 0 saturated carbocycles. The first kappa shape index (κ1) is 21.7. The molecule has 1 saturated heterocycles.